The third-order valence-electron chi connectivity index (χ3n) is 3.87. The Morgan fingerprint density at radius 3 is 2.32 bits per heavy atom. The fourth-order valence-corrected chi connectivity index (χ4v) is 3.44. The molecule has 25 heavy (non-hydrogen) atoms. The van der Waals surface area contributed by atoms with Crippen LogP contribution in [-0.4, -0.2) is 37.6 Å². The van der Waals surface area contributed by atoms with Gasteiger partial charge in [0.1, 0.15) is 6.79 Å². The van der Waals surface area contributed by atoms with E-state index in [4.69, 9.17) is 14.0 Å². The number of hydrogen-bond donors (Lipinski definition) is 1. The van der Waals surface area contributed by atoms with Gasteiger partial charge in [0.25, 0.3) is 10.1 Å². The molecule has 0 aliphatic rings. The van der Waals surface area contributed by atoms with Gasteiger partial charge in [-0.05, 0) is 23.6 Å². The summed E-state index contributed by atoms with van der Waals surface area (Å²) in [7, 11) is -2.44. The lowest BCUT2D eigenvalue weighted by Crippen LogP contribution is -2.14. The van der Waals surface area contributed by atoms with Gasteiger partial charge in [0.15, 0.2) is 0 Å². The fraction of sp³-hybridized carbons (Fsp3) is 0.389. The molecule has 2 rings (SSSR count). The highest BCUT2D eigenvalue weighted by atomic mass is 32.2. The number of methoxy groups -OCH3 is 1. The molecule has 1 atom stereocenters. The summed E-state index contributed by atoms with van der Waals surface area (Å²) in [4.78, 5) is 4.38. The van der Waals surface area contributed by atoms with Crippen molar-refractivity contribution in [2.75, 3.05) is 19.7 Å². The van der Waals surface area contributed by atoms with Crippen molar-refractivity contribution in [3.63, 3.8) is 0 Å². The van der Waals surface area contributed by atoms with Crippen LogP contribution in [0.25, 0.3) is 11.1 Å². The minimum atomic E-state index is -4.02. The van der Waals surface area contributed by atoms with Crippen LogP contribution < -0.4 is 0 Å². The molecule has 0 aliphatic carbocycles. The smallest absolute Gasteiger partial charge is 0.265 e. The minimum Gasteiger partial charge on any atom is -0.359 e. The Bertz CT molecular complexity index is 757. The van der Waals surface area contributed by atoms with Crippen LogP contribution in [0.1, 0.15) is 30.5 Å². The van der Waals surface area contributed by atoms with Crippen LogP contribution in [0.15, 0.2) is 42.6 Å². The van der Waals surface area contributed by atoms with Crippen molar-refractivity contribution in [3.05, 3.63) is 53.9 Å². The summed E-state index contributed by atoms with van der Waals surface area (Å²) in [5.41, 5.74) is 3.66. The van der Waals surface area contributed by atoms with E-state index >= 15 is 0 Å². The molecule has 6 nitrogen and oxygen atoms in total. The van der Waals surface area contributed by atoms with Gasteiger partial charge in [-0.15, -0.1) is 0 Å². The van der Waals surface area contributed by atoms with Gasteiger partial charge in [-0.25, -0.2) is 0 Å². The minimum absolute atomic E-state index is 0.259. The Morgan fingerprint density at radius 1 is 1.12 bits per heavy atom. The standard InChI is InChI=1S/C18H23NO5S/c1-3-15(12-25(20,21)22)18-9-8-17(10-19-18)16-6-4-14(5-7-16)11-24-13-23-2/h4-10,15H,3,11-13H2,1-2H3,(H,20,21,22). The predicted octanol–water partition coefficient (Wildman–Crippen LogP) is 3.25. The lowest BCUT2D eigenvalue weighted by atomic mass is 10.0. The second kappa shape index (κ2) is 9.05. The molecular formula is C18H23NO5S. The molecule has 0 radical (unpaired) electrons. The summed E-state index contributed by atoms with van der Waals surface area (Å²) in [6.07, 6.45) is 2.31. The summed E-state index contributed by atoms with van der Waals surface area (Å²) < 4.78 is 41.4. The van der Waals surface area contributed by atoms with Gasteiger partial charge in [-0.3, -0.25) is 9.54 Å². The maximum Gasteiger partial charge on any atom is 0.265 e. The summed E-state index contributed by atoms with van der Waals surface area (Å²) in [6, 6.07) is 11.6. The molecular weight excluding hydrogens is 342 g/mol. The highest BCUT2D eigenvalue weighted by Crippen LogP contribution is 2.24. The summed E-state index contributed by atoms with van der Waals surface area (Å²) in [6.45, 7) is 2.62. The van der Waals surface area contributed by atoms with E-state index in [1.807, 2.05) is 43.3 Å². The zero-order chi connectivity index (χ0) is 18.3. The summed E-state index contributed by atoms with van der Waals surface area (Å²) in [5.74, 6) is -0.629. The molecule has 7 heteroatoms. The molecule has 0 aliphatic heterocycles. The van der Waals surface area contributed by atoms with Crippen molar-refractivity contribution in [1.29, 1.82) is 0 Å². The zero-order valence-electron chi connectivity index (χ0n) is 14.4. The molecule has 1 N–H and O–H groups in total. The van der Waals surface area contributed by atoms with Gasteiger partial charge in [0.05, 0.1) is 12.4 Å². The summed E-state index contributed by atoms with van der Waals surface area (Å²) >= 11 is 0. The first-order valence-electron chi connectivity index (χ1n) is 8.00. The molecule has 1 aromatic heterocycles. The first kappa shape index (κ1) is 19.5. The quantitative estimate of drug-likeness (QED) is 0.417. The number of hydrogen-bond acceptors (Lipinski definition) is 5. The number of pyridine rings is 1. The Hall–Kier alpha value is -1.80. The van der Waals surface area contributed by atoms with Gasteiger partial charge in [0.2, 0.25) is 0 Å². The van der Waals surface area contributed by atoms with Gasteiger partial charge in [0, 0.05) is 30.5 Å². The van der Waals surface area contributed by atoms with Crippen molar-refractivity contribution in [3.8, 4) is 11.1 Å². The van der Waals surface area contributed by atoms with Crippen LogP contribution in [0.2, 0.25) is 0 Å². The molecule has 1 heterocycles. The van der Waals surface area contributed by atoms with Crippen LogP contribution in [0.3, 0.4) is 0 Å². The fourth-order valence-electron chi connectivity index (χ4n) is 2.52. The molecule has 1 aromatic carbocycles. The molecule has 0 spiro atoms. The van der Waals surface area contributed by atoms with Crippen molar-refractivity contribution < 1.29 is 22.4 Å². The van der Waals surface area contributed by atoms with E-state index < -0.39 is 10.1 Å². The number of aromatic nitrogens is 1. The first-order chi connectivity index (χ1) is 11.9. The van der Waals surface area contributed by atoms with Crippen LogP contribution in [0.4, 0.5) is 0 Å². The van der Waals surface area contributed by atoms with Gasteiger partial charge >= 0.3 is 0 Å². The molecule has 1 unspecified atom stereocenters. The topological polar surface area (TPSA) is 85.7 Å². The second-order valence-corrected chi connectivity index (χ2v) is 7.27. The van der Waals surface area contributed by atoms with E-state index in [2.05, 4.69) is 4.98 Å². The van der Waals surface area contributed by atoms with E-state index in [1.54, 1.807) is 13.3 Å². The second-order valence-electron chi connectivity index (χ2n) is 5.78. The highest BCUT2D eigenvalue weighted by molar-refractivity contribution is 7.85. The number of benzene rings is 1. The average molecular weight is 365 g/mol. The average Bonchev–Trinajstić information content (AvgIpc) is 2.60. The molecule has 0 saturated heterocycles. The van der Waals surface area contributed by atoms with Gasteiger partial charge < -0.3 is 9.47 Å². The van der Waals surface area contributed by atoms with E-state index in [0.29, 0.717) is 18.7 Å². The Labute approximate surface area is 148 Å². The SMILES string of the molecule is CCC(CS(=O)(=O)O)c1ccc(-c2ccc(COCOC)cc2)cn1. The van der Waals surface area contributed by atoms with Crippen molar-refractivity contribution in [2.45, 2.75) is 25.9 Å². The van der Waals surface area contributed by atoms with Crippen LogP contribution in [-0.2, 0) is 26.2 Å². The maximum atomic E-state index is 11.1. The first-order valence-corrected chi connectivity index (χ1v) is 9.61. The molecule has 136 valence electrons. The van der Waals surface area contributed by atoms with Crippen LogP contribution >= 0.6 is 0 Å². The van der Waals surface area contributed by atoms with Crippen molar-refractivity contribution in [2.24, 2.45) is 0 Å². The number of nitrogens with zero attached hydrogens (tertiary/aromatic N) is 1. The zero-order valence-corrected chi connectivity index (χ0v) is 15.2. The maximum absolute atomic E-state index is 11.1. The van der Waals surface area contributed by atoms with Gasteiger partial charge in [-0.2, -0.15) is 8.42 Å². The third kappa shape index (κ3) is 6.21. The Morgan fingerprint density at radius 2 is 1.80 bits per heavy atom. The highest BCUT2D eigenvalue weighted by Gasteiger charge is 2.18. The van der Waals surface area contributed by atoms with E-state index in [-0.39, 0.29) is 18.5 Å². The lowest BCUT2D eigenvalue weighted by molar-refractivity contribution is -0.0390. The third-order valence-corrected chi connectivity index (χ3v) is 4.69. The van der Waals surface area contributed by atoms with Gasteiger partial charge in [-0.1, -0.05) is 37.3 Å². The van der Waals surface area contributed by atoms with E-state index in [1.165, 1.54) is 0 Å². The Balaban J connectivity index is 2.08. The normalized spacial score (nSPS) is 12.9. The predicted molar refractivity (Wildman–Crippen MR) is 95.8 cm³/mol. The largest absolute Gasteiger partial charge is 0.359 e. The molecule has 0 bridgehead atoms. The van der Waals surface area contributed by atoms with Crippen LogP contribution in [0, 0.1) is 0 Å². The monoisotopic (exact) mass is 365 g/mol. The Kier molecular flexibility index (Phi) is 7.07. The molecule has 2 aromatic rings. The lowest BCUT2D eigenvalue weighted by Gasteiger charge is -2.13. The van der Waals surface area contributed by atoms with Crippen LogP contribution in [0.5, 0.6) is 0 Å². The van der Waals surface area contributed by atoms with E-state index in [0.717, 1.165) is 16.7 Å². The van der Waals surface area contributed by atoms with E-state index in [9.17, 15) is 8.42 Å². The van der Waals surface area contributed by atoms with Crippen molar-refractivity contribution >= 4 is 10.1 Å². The summed E-state index contributed by atoms with van der Waals surface area (Å²) in [5, 5.41) is 0. The number of ether oxygens (including phenoxy) is 2. The molecule has 0 saturated carbocycles. The van der Waals surface area contributed by atoms with Crippen molar-refractivity contribution in [1.82, 2.24) is 4.98 Å². The molecule has 0 amide bonds. The molecule has 0 fully saturated rings. The number of rotatable bonds is 9.